The summed E-state index contributed by atoms with van der Waals surface area (Å²) < 4.78 is 15.9. The number of ether oxygens (including phenoxy) is 3. The van der Waals surface area contributed by atoms with Gasteiger partial charge in [0.25, 0.3) is 0 Å². The van der Waals surface area contributed by atoms with Crippen LogP contribution in [-0.2, 0) is 25.7 Å². The smallest absolute Gasteiger partial charge is 0.308 e. The summed E-state index contributed by atoms with van der Waals surface area (Å²) >= 11 is 0. The van der Waals surface area contributed by atoms with Crippen molar-refractivity contribution in [3.63, 3.8) is 0 Å². The average Bonchev–Trinajstić information content (AvgIpc) is 2.67. The molecule has 28 heavy (non-hydrogen) atoms. The maximum absolute atomic E-state index is 12.3. The SMILES string of the molecule is COc1cccc(COCC(=O)NC(CC(=O)OC(C)C)c2ccccc2)c1. The van der Waals surface area contributed by atoms with E-state index in [0.29, 0.717) is 0 Å². The van der Waals surface area contributed by atoms with Gasteiger partial charge in [-0.05, 0) is 37.1 Å². The summed E-state index contributed by atoms with van der Waals surface area (Å²) in [5.74, 6) is 0.0777. The van der Waals surface area contributed by atoms with Crippen molar-refractivity contribution in [1.29, 1.82) is 0 Å². The minimum atomic E-state index is -0.472. The Morgan fingerprint density at radius 1 is 1.04 bits per heavy atom. The molecule has 0 saturated heterocycles. The molecule has 1 N–H and O–H groups in total. The molecular formula is C22H27NO5. The number of rotatable bonds is 10. The average molecular weight is 385 g/mol. The van der Waals surface area contributed by atoms with Crippen LogP contribution in [0.5, 0.6) is 5.75 Å². The lowest BCUT2D eigenvalue weighted by molar-refractivity contribution is -0.148. The number of hydrogen-bond acceptors (Lipinski definition) is 5. The molecule has 1 unspecified atom stereocenters. The lowest BCUT2D eigenvalue weighted by Gasteiger charge is -2.19. The molecule has 6 nitrogen and oxygen atoms in total. The molecule has 0 spiro atoms. The first-order chi connectivity index (χ1) is 13.5. The molecule has 0 aliphatic heterocycles. The molecular weight excluding hydrogens is 358 g/mol. The van der Waals surface area contributed by atoms with E-state index in [2.05, 4.69) is 5.32 Å². The molecule has 2 aromatic rings. The van der Waals surface area contributed by atoms with E-state index in [1.54, 1.807) is 21.0 Å². The lowest BCUT2D eigenvalue weighted by atomic mass is 10.0. The quantitative estimate of drug-likeness (QED) is 0.635. The highest BCUT2D eigenvalue weighted by atomic mass is 16.5. The molecule has 0 aromatic heterocycles. The van der Waals surface area contributed by atoms with Gasteiger partial charge in [-0.3, -0.25) is 9.59 Å². The first-order valence-corrected chi connectivity index (χ1v) is 9.22. The van der Waals surface area contributed by atoms with Crippen LogP contribution < -0.4 is 10.1 Å². The highest BCUT2D eigenvalue weighted by Crippen LogP contribution is 2.18. The van der Waals surface area contributed by atoms with Gasteiger partial charge in [0.1, 0.15) is 12.4 Å². The third kappa shape index (κ3) is 7.40. The summed E-state index contributed by atoms with van der Waals surface area (Å²) in [5, 5.41) is 2.86. The minimum Gasteiger partial charge on any atom is -0.497 e. The van der Waals surface area contributed by atoms with E-state index in [0.717, 1.165) is 16.9 Å². The standard InChI is InChI=1S/C22H27NO5/c1-16(2)28-22(25)13-20(18-9-5-4-6-10-18)23-21(24)15-27-14-17-8-7-11-19(12-17)26-3/h4-12,16,20H,13-15H2,1-3H3,(H,23,24). The minimum absolute atomic E-state index is 0.0593. The molecule has 1 amide bonds. The number of hydrogen-bond donors (Lipinski definition) is 1. The normalized spacial score (nSPS) is 11.7. The van der Waals surface area contributed by atoms with Gasteiger partial charge in [-0.15, -0.1) is 0 Å². The fourth-order valence-electron chi connectivity index (χ4n) is 2.68. The van der Waals surface area contributed by atoms with Crippen LogP contribution in [0.4, 0.5) is 0 Å². The number of benzene rings is 2. The highest BCUT2D eigenvalue weighted by molar-refractivity contribution is 5.79. The Hall–Kier alpha value is -2.86. The van der Waals surface area contributed by atoms with E-state index in [1.165, 1.54) is 0 Å². The van der Waals surface area contributed by atoms with Crippen LogP contribution in [0.1, 0.15) is 37.4 Å². The van der Waals surface area contributed by atoms with Gasteiger partial charge >= 0.3 is 5.97 Å². The van der Waals surface area contributed by atoms with Crippen molar-refractivity contribution >= 4 is 11.9 Å². The van der Waals surface area contributed by atoms with Crippen molar-refractivity contribution in [2.45, 2.75) is 39.0 Å². The van der Waals surface area contributed by atoms with Gasteiger partial charge in [-0.2, -0.15) is 0 Å². The molecule has 0 bridgehead atoms. The zero-order chi connectivity index (χ0) is 20.4. The third-order valence-corrected chi connectivity index (χ3v) is 3.91. The van der Waals surface area contributed by atoms with Crippen molar-refractivity contribution in [3.05, 3.63) is 65.7 Å². The van der Waals surface area contributed by atoms with Gasteiger partial charge < -0.3 is 19.5 Å². The first-order valence-electron chi connectivity index (χ1n) is 9.22. The Labute approximate surface area is 165 Å². The lowest BCUT2D eigenvalue weighted by Crippen LogP contribution is -2.33. The van der Waals surface area contributed by atoms with Crippen molar-refractivity contribution in [2.24, 2.45) is 0 Å². The van der Waals surface area contributed by atoms with E-state index in [-0.39, 0.29) is 37.6 Å². The third-order valence-electron chi connectivity index (χ3n) is 3.91. The molecule has 1 atom stereocenters. The Morgan fingerprint density at radius 2 is 1.79 bits per heavy atom. The number of carbonyl (C=O) groups is 2. The van der Waals surface area contributed by atoms with E-state index >= 15 is 0 Å². The van der Waals surface area contributed by atoms with E-state index < -0.39 is 6.04 Å². The Kier molecular flexibility index (Phi) is 8.49. The number of esters is 1. The molecule has 0 heterocycles. The Morgan fingerprint density at radius 3 is 2.46 bits per heavy atom. The van der Waals surface area contributed by atoms with Crippen LogP contribution in [0.25, 0.3) is 0 Å². The summed E-state index contributed by atoms with van der Waals surface area (Å²) in [7, 11) is 1.60. The highest BCUT2D eigenvalue weighted by Gasteiger charge is 2.20. The molecule has 0 radical (unpaired) electrons. The summed E-state index contributed by atoms with van der Waals surface area (Å²) in [6.45, 7) is 3.76. The van der Waals surface area contributed by atoms with Crippen LogP contribution in [0.2, 0.25) is 0 Å². The first kappa shape index (κ1) is 21.4. The molecule has 0 aliphatic carbocycles. The molecule has 2 rings (SSSR count). The molecule has 2 aromatic carbocycles. The largest absolute Gasteiger partial charge is 0.497 e. The van der Waals surface area contributed by atoms with Crippen LogP contribution in [0.3, 0.4) is 0 Å². The predicted molar refractivity (Wildman–Crippen MR) is 106 cm³/mol. The topological polar surface area (TPSA) is 73.9 Å². The number of nitrogens with one attached hydrogen (secondary N) is 1. The summed E-state index contributed by atoms with van der Waals surface area (Å²) in [4.78, 5) is 24.4. The summed E-state index contributed by atoms with van der Waals surface area (Å²) in [6, 6.07) is 16.3. The van der Waals surface area contributed by atoms with E-state index in [4.69, 9.17) is 14.2 Å². The fourth-order valence-corrected chi connectivity index (χ4v) is 2.68. The van der Waals surface area contributed by atoms with Crippen molar-refractivity contribution in [3.8, 4) is 5.75 Å². The second kappa shape index (κ2) is 11.1. The molecule has 0 aliphatic rings. The van der Waals surface area contributed by atoms with Crippen LogP contribution in [0, 0.1) is 0 Å². The second-order valence-electron chi connectivity index (χ2n) is 6.62. The summed E-state index contributed by atoms with van der Waals surface area (Å²) in [6.07, 6.45) is -0.144. The van der Waals surface area contributed by atoms with Crippen LogP contribution >= 0.6 is 0 Å². The number of carbonyl (C=O) groups excluding carboxylic acids is 2. The van der Waals surface area contributed by atoms with Crippen molar-refractivity contribution in [2.75, 3.05) is 13.7 Å². The maximum Gasteiger partial charge on any atom is 0.308 e. The van der Waals surface area contributed by atoms with Gasteiger partial charge in [0.2, 0.25) is 5.91 Å². The maximum atomic E-state index is 12.3. The van der Waals surface area contributed by atoms with Gasteiger partial charge in [-0.1, -0.05) is 42.5 Å². The number of methoxy groups -OCH3 is 1. The molecule has 6 heteroatoms. The Balaban J connectivity index is 1.91. The molecule has 150 valence electrons. The van der Waals surface area contributed by atoms with Crippen LogP contribution in [-0.4, -0.2) is 31.7 Å². The predicted octanol–water partition coefficient (Wildman–Crippen LogP) is 3.41. The summed E-state index contributed by atoms with van der Waals surface area (Å²) in [5.41, 5.74) is 1.75. The monoisotopic (exact) mass is 385 g/mol. The van der Waals surface area contributed by atoms with Gasteiger partial charge in [0.15, 0.2) is 0 Å². The van der Waals surface area contributed by atoms with Gasteiger partial charge in [0.05, 0.1) is 32.3 Å². The van der Waals surface area contributed by atoms with Crippen LogP contribution in [0.15, 0.2) is 54.6 Å². The number of amides is 1. The molecule has 0 saturated carbocycles. The zero-order valence-corrected chi connectivity index (χ0v) is 16.5. The fraction of sp³-hybridized carbons (Fsp3) is 0.364. The van der Waals surface area contributed by atoms with Gasteiger partial charge in [-0.25, -0.2) is 0 Å². The van der Waals surface area contributed by atoms with Crippen molar-refractivity contribution < 1.29 is 23.8 Å². The second-order valence-corrected chi connectivity index (χ2v) is 6.62. The Bertz CT molecular complexity index is 761. The molecule has 0 fully saturated rings. The van der Waals surface area contributed by atoms with E-state index in [1.807, 2.05) is 54.6 Å². The van der Waals surface area contributed by atoms with Gasteiger partial charge in [0, 0.05) is 0 Å². The van der Waals surface area contributed by atoms with Crippen molar-refractivity contribution in [1.82, 2.24) is 5.32 Å². The zero-order valence-electron chi connectivity index (χ0n) is 16.5. The van der Waals surface area contributed by atoms with E-state index in [9.17, 15) is 9.59 Å².